The van der Waals surface area contributed by atoms with Gasteiger partial charge in [-0.25, -0.2) is 0 Å². The van der Waals surface area contributed by atoms with Crippen LogP contribution in [-0.2, 0) is 17.1 Å². The van der Waals surface area contributed by atoms with E-state index in [9.17, 15) is 4.79 Å². The number of hydrogen-bond acceptors (Lipinski definition) is 2. The van der Waals surface area contributed by atoms with Crippen LogP contribution in [0.5, 0.6) is 0 Å². The van der Waals surface area contributed by atoms with Crippen LogP contribution in [0, 0.1) is 0 Å². The van der Waals surface area contributed by atoms with Gasteiger partial charge in [-0.15, -0.1) is 11.8 Å². The van der Waals surface area contributed by atoms with Crippen LogP contribution in [0.15, 0.2) is 66.7 Å². The Labute approximate surface area is 151 Å². The summed E-state index contributed by atoms with van der Waals surface area (Å²) in [5.74, 6) is 1.31. The van der Waals surface area contributed by atoms with E-state index in [1.807, 2.05) is 42.5 Å². The van der Waals surface area contributed by atoms with Gasteiger partial charge in [0.25, 0.3) is 0 Å². The van der Waals surface area contributed by atoms with Crippen LogP contribution in [-0.4, -0.2) is 11.7 Å². The summed E-state index contributed by atoms with van der Waals surface area (Å²) in [6.45, 7) is 0.557. The Kier molecular flexibility index (Phi) is 5.78. The summed E-state index contributed by atoms with van der Waals surface area (Å²) >= 11 is 7.47. The molecular formula is C20H18ClNOS. The molecule has 0 unspecified atom stereocenters. The number of nitrogens with one attached hydrogen (secondary N) is 1. The zero-order valence-corrected chi connectivity index (χ0v) is 14.7. The summed E-state index contributed by atoms with van der Waals surface area (Å²) in [4.78, 5) is 12.0. The maximum absolute atomic E-state index is 12.0. The summed E-state index contributed by atoms with van der Waals surface area (Å²) in [5, 5.41) is 6.12. The molecule has 0 saturated carbocycles. The molecule has 3 aromatic carbocycles. The van der Waals surface area contributed by atoms with Gasteiger partial charge in [0.1, 0.15) is 0 Å². The molecule has 0 fully saturated rings. The van der Waals surface area contributed by atoms with Crippen LogP contribution >= 0.6 is 23.4 Å². The summed E-state index contributed by atoms with van der Waals surface area (Å²) in [5.41, 5.74) is 2.32. The van der Waals surface area contributed by atoms with Gasteiger partial charge >= 0.3 is 0 Å². The molecule has 0 spiro atoms. The Hall–Kier alpha value is -1.97. The quantitative estimate of drug-likeness (QED) is 0.671. The molecule has 3 aromatic rings. The highest BCUT2D eigenvalue weighted by Gasteiger charge is 2.04. The Morgan fingerprint density at radius 1 is 0.958 bits per heavy atom. The van der Waals surface area contributed by atoms with Gasteiger partial charge < -0.3 is 5.32 Å². The molecule has 0 aliphatic carbocycles. The number of thioether (sulfide) groups is 1. The molecule has 4 heteroatoms. The lowest BCUT2D eigenvalue weighted by molar-refractivity contribution is -0.118. The molecule has 0 radical (unpaired) electrons. The van der Waals surface area contributed by atoms with Gasteiger partial charge in [0.05, 0.1) is 5.75 Å². The van der Waals surface area contributed by atoms with Crippen LogP contribution in [0.4, 0.5) is 0 Å². The van der Waals surface area contributed by atoms with Crippen LogP contribution in [0.2, 0.25) is 5.02 Å². The average Bonchev–Trinajstić information content (AvgIpc) is 2.61. The van der Waals surface area contributed by atoms with Crippen molar-refractivity contribution in [3.8, 4) is 0 Å². The second kappa shape index (κ2) is 8.22. The van der Waals surface area contributed by atoms with Crippen LogP contribution < -0.4 is 5.32 Å². The van der Waals surface area contributed by atoms with Crippen LogP contribution in [0.3, 0.4) is 0 Å². The molecule has 0 aromatic heterocycles. The van der Waals surface area contributed by atoms with E-state index in [0.717, 1.165) is 16.3 Å². The van der Waals surface area contributed by atoms with E-state index >= 15 is 0 Å². The van der Waals surface area contributed by atoms with Gasteiger partial charge in [0, 0.05) is 17.3 Å². The van der Waals surface area contributed by atoms with Crippen molar-refractivity contribution in [2.24, 2.45) is 0 Å². The molecule has 1 amide bonds. The van der Waals surface area contributed by atoms with E-state index in [0.29, 0.717) is 12.3 Å². The molecule has 0 bridgehead atoms. The van der Waals surface area contributed by atoms with E-state index in [4.69, 9.17) is 11.6 Å². The molecule has 2 nitrogen and oxygen atoms in total. The molecule has 0 aliphatic heterocycles. The van der Waals surface area contributed by atoms with Crippen molar-refractivity contribution >= 4 is 40.0 Å². The van der Waals surface area contributed by atoms with E-state index in [-0.39, 0.29) is 5.91 Å². The fourth-order valence-corrected chi connectivity index (χ4v) is 3.48. The van der Waals surface area contributed by atoms with Gasteiger partial charge in [-0.3, -0.25) is 4.79 Å². The maximum atomic E-state index is 12.0. The molecule has 0 atom stereocenters. The summed E-state index contributed by atoms with van der Waals surface area (Å²) in [6.07, 6.45) is 0. The second-order valence-electron chi connectivity index (χ2n) is 5.53. The number of halogens is 1. The lowest BCUT2D eigenvalue weighted by atomic mass is 10.0. The Morgan fingerprint density at radius 3 is 2.54 bits per heavy atom. The largest absolute Gasteiger partial charge is 0.351 e. The number of rotatable bonds is 6. The molecule has 3 rings (SSSR count). The first-order valence-electron chi connectivity index (χ1n) is 7.78. The molecule has 0 aliphatic rings. The highest BCUT2D eigenvalue weighted by molar-refractivity contribution is 7.99. The molecular weight excluding hydrogens is 338 g/mol. The average molecular weight is 356 g/mol. The number of benzene rings is 3. The Bertz CT molecular complexity index is 827. The van der Waals surface area contributed by atoms with E-state index in [2.05, 4.69) is 29.6 Å². The number of carbonyl (C=O) groups excluding carboxylic acids is 1. The topological polar surface area (TPSA) is 29.1 Å². The van der Waals surface area contributed by atoms with Gasteiger partial charge in [0.15, 0.2) is 0 Å². The molecule has 1 N–H and O–H groups in total. The predicted molar refractivity (Wildman–Crippen MR) is 103 cm³/mol. The second-order valence-corrected chi connectivity index (χ2v) is 6.96. The molecule has 0 saturated heterocycles. The van der Waals surface area contributed by atoms with E-state index < -0.39 is 0 Å². The maximum Gasteiger partial charge on any atom is 0.230 e. The van der Waals surface area contributed by atoms with Crippen molar-refractivity contribution in [1.82, 2.24) is 5.32 Å². The summed E-state index contributed by atoms with van der Waals surface area (Å²) in [7, 11) is 0. The van der Waals surface area contributed by atoms with Crippen LogP contribution in [0.1, 0.15) is 11.1 Å². The van der Waals surface area contributed by atoms with Crippen molar-refractivity contribution < 1.29 is 4.79 Å². The monoisotopic (exact) mass is 355 g/mol. The number of fused-ring (bicyclic) bond motifs is 1. The SMILES string of the molecule is O=C(CSCc1ccc(Cl)cc1)NCc1cccc2ccccc12. The first kappa shape index (κ1) is 16.9. The van der Waals surface area contributed by atoms with Crippen LogP contribution in [0.25, 0.3) is 10.8 Å². The molecule has 122 valence electrons. The minimum Gasteiger partial charge on any atom is -0.351 e. The third-order valence-corrected chi connectivity index (χ3v) is 5.03. The zero-order chi connectivity index (χ0) is 16.8. The van der Waals surface area contributed by atoms with Crippen molar-refractivity contribution in [2.75, 3.05) is 5.75 Å². The van der Waals surface area contributed by atoms with Crippen molar-refractivity contribution in [3.05, 3.63) is 82.9 Å². The number of hydrogen-bond donors (Lipinski definition) is 1. The lowest BCUT2D eigenvalue weighted by Gasteiger charge is -2.08. The van der Waals surface area contributed by atoms with E-state index in [1.165, 1.54) is 16.3 Å². The number of carbonyl (C=O) groups is 1. The smallest absolute Gasteiger partial charge is 0.230 e. The third kappa shape index (κ3) is 4.53. The first-order valence-corrected chi connectivity index (χ1v) is 9.31. The highest BCUT2D eigenvalue weighted by Crippen LogP contribution is 2.18. The Morgan fingerprint density at radius 2 is 1.71 bits per heavy atom. The fourth-order valence-electron chi connectivity index (χ4n) is 2.53. The first-order chi connectivity index (χ1) is 11.7. The van der Waals surface area contributed by atoms with Crippen molar-refractivity contribution in [2.45, 2.75) is 12.3 Å². The summed E-state index contributed by atoms with van der Waals surface area (Å²) < 4.78 is 0. The van der Waals surface area contributed by atoms with E-state index in [1.54, 1.807) is 11.8 Å². The minimum atomic E-state index is 0.0573. The molecule has 0 heterocycles. The van der Waals surface area contributed by atoms with Crippen molar-refractivity contribution in [3.63, 3.8) is 0 Å². The fraction of sp³-hybridized carbons (Fsp3) is 0.150. The highest BCUT2D eigenvalue weighted by atomic mass is 35.5. The standard InChI is InChI=1S/C20H18ClNOS/c21-18-10-8-15(9-11-18)13-24-14-20(23)22-12-17-6-3-5-16-4-1-2-7-19(16)17/h1-11H,12-14H2,(H,22,23). The minimum absolute atomic E-state index is 0.0573. The predicted octanol–water partition coefficient (Wildman–Crippen LogP) is 5.04. The third-order valence-electron chi connectivity index (χ3n) is 3.77. The van der Waals surface area contributed by atoms with Gasteiger partial charge in [-0.05, 0) is 34.0 Å². The summed E-state index contributed by atoms with van der Waals surface area (Å²) in [6, 6.07) is 22.1. The zero-order valence-electron chi connectivity index (χ0n) is 13.2. The van der Waals surface area contributed by atoms with Gasteiger partial charge in [-0.2, -0.15) is 0 Å². The molecule has 24 heavy (non-hydrogen) atoms. The van der Waals surface area contributed by atoms with Crippen molar-refractivity contribution in [1.29, 1.82) is 0 Å². The van der Waals surface area contributed by atoms with Gasteiger partial charge in [-0.1, -0.05) is 66.2 Å². The normalized spacial score (nSPS) is 10.7. The van der Waals surface area contributed by atoms with Gasteiger partial charge in [0.2, 0.25) is 5.91 Å². The lowest BCUT2D eigenvalue weighted by Crippen LogP contribution is -2.24. The number of amides is 1. The Balaban J connectivity index is 1.49.